The Labute approximate surface area is 97.0 Å². The largest absolute Gasteiger partial charge is 0.314 e. The molecule has 0 radical (unpaired) electrons. The van der Waals surface area contributed by atoms with Gasteiger partial charge in [-0.2, -0.15) is 0 Å². The fourth-order valence-corrected chi connectivity index (χ4v) is 2.08. The maximum atomic E-state index is 3.61. The van der Waals surface area contributed by atoms with E-state index in [1.165, 1.54) is 25.7 Å². The highest BCUT2D eigenvalue weighted by molar-refractivity contribution is 4.74. The van der Waals surface area contributed by atoms with E-state index in [1.807, 2.05) is 0 Å². The summed E-state index contributed by atoms with van der Waals surface area (Å²) in [4.78, 5) is 0. The lowest BCUT2D eigenvalue weighted by Crippen LogP contribution is -2.32. The molecule has 0 aromatic carbocycles. The topological polar surface area (TPSA) is 12.0 Å². The average Bonchev–Trinajstić information content (AvgIpc) is 2.00. The number of nitrogens with one attached hydrogen (secondary N) is 1. The fourth-order valence-electron chi connectivity index (χ4n) is 2.08. The van der Waals surface area contributed by atoms with Gasteiger partial charge in [-0.1, -0.05) is 54.4 Å². The van der Waals surface area contributed by atoms with Gasteiger partial charge >= 0.3 is 0 Å². The third kappa shape index (κ3) is 10.2. The first kappa shape index (κ1) is 15.0. The van der Waals surface area contributed by atoms with Crippen molar-refractivity contribution in [2.75, 3.05) is 6.54 Å². The van der Waals surface area contributed by atoms with Gasteiger partial charge in [-0.3, -0.25) is 0 Å². The molecule has 0 aromatic rings. The predicted octanol–water partition coefficient (Wildman–Crippen LogP) is 4.23. The molecule has 92 valence electrons. The van der Waals surface area contributed by atoms with Crippen LogP contribution in [0.25, 0.3) is 0 Å². The molecule has 0 bridgehead atoms. The van der Waals surface area contributed by atoms with Crippen LogP contribution in [0.1, 0.15) is 67.2 Å². The van der Waals surface area contributed by atoms with Crippen LogP contribution in [-0.2, 0) is 0 Å². The number of hydrogen-bond donors (Lipinski definition) is 1. The van der Waals surface area contributed by atoms with Crippen LogP contribution in [0.4, 0.5) is 0 Å². The van der Waals surface area contributed by atoms with Gasteiger partial charge in [0.2, 0.25) is 0 Å². The second-order valence-electron chi connectivity index (χ2n) is 6.34. The standard InChI is InChI=1S/C14H31N/c1-7-15-13(11-14(4,5)6)10-8-9-12(2)3/h12-13,15H,7-11H2,1-6H3. The molecule has 0 saturated carbocycles. The Bertz CT molecular complexity index is 144. The van der Waals surface area contributed by atoms with Crippen molar-refractivity contribution in [2.45, 2.75) is 73.3 Å². The van der Waals surface area contributed by atoms with Gasteiger partial charge in [-0.25, -0.2) is 0 Å². The van der Waals surface area contributed by atoms with Gasteiger partial charge in [-0.15, -0.1) is 0 Å². The summed E-state index contributed by atoms with van der Waals surface area (Å²) in [7, 11) is 0. The summed E-state index contributed by atoms with van der Waals surface area (Å²) in [5.74, 6) is 0.849. The molecule has 1 atom stereocenters. The summed E-state index contributed by atoms with van der Waals surface area (Å²) in [6, 6.07) is 0.716. The first-order valence-electron chi connectivity index (χ1n) is 6.58. The summed E-state index contributed by atoms with van der Waals surface area (Å²) in [5.41, 5.74) is 0.449. The Balaban J connectivity index is 3.83. The second-order valence-corrected chi connectivity index (χ2v) is 6.34. The fraction of sp³-hybridized carbons (Fsp3) is 1.00. The van der Waals surface area contributed by atoms with Gasteiger partial charge in [0.1, 0.15) is 0 Å². The normalized spacial score (nSPS) is 14.6. The number of hydrogen-bond acceptors (Lipinski definition) is 1. The maximum Gasteiger partial charge on any atom is 0.00719 e. The molecule has 0 spiro atoms. The molecule has 0 aliphatic carbocycles. The lowest BCUT2D eigenvalue weighted by atomic mass is 9.86. The highest BCUT2D eigenvalue weighted by Gasteiger charge is 2.17. The van der Waals surface area contributed by atoms with Gasteiger partial charge in [0.25, 0.3) is 0 Å². The summed E-state index contributed by atoms with van der Waals surface area (Å²) < 4.78 is 0. The third-order valence-corrected chi connectivity index (χ3v) is 2.69. The molecule has 1 N–H and O–H groups in total. The van der Waals surface area contributed by atoms with Crippen molar-refractivity contribution in [3.05, 3.63) is 0 Å². The van der Waals surface area contributed by atoms with Crippen LogP contribution in [0.2, 0.25) is 0 Å². The smallest absolute Gasteiger partial charge is 0.00719 e. The molecular formula is C14H31N. The van der Waals surface area contributed by atoms with Gasteiger partial charge in [0.05, 0.1) is 0 Å². The molecule has 0 heterocycles. The summed E-state index contributed by atoms with van der Waals surface area (Å²) >= 11 is 0. The van der Waals surface area contributed by atoms with E-state index in [4.69, 9.17) is 0 Å². The maximum absolute atomic E-state index is 3.61. The molecule has 0 aliphatic heterocycles. The minimum absolute atomic E-state index is 0.449. The van der Waals surface area contributed by atoms with Crippen LogP contribution in [0.5, 0.6) is 0 Å². The van der Waals surface area contributed by atoms with Crippen LogP contribution in [0.3, 0.4) is 0 Å². The van der Waals surface area contributed by atoms with Crippen molar-refractivity contribution in [3.63, 3.8) is 0 Å². The van der Waals surface area contributed by atoms with Crippen molar-refractivity contribution in [3.8, 4) is 0 Å². The highest BCUT2D eigenvalue weighted by Crippen LogP contribution is 2.23. The Kier molecular flexibility index (Phi) is 7.25. The van der Waals surface area contributed by atoms with Gasteiger partial charge in [-0.05, 0) is 30.7 Å². The Hall–Kier alpha value is -0.0400. The Morgan fingerprint density at radius 1 is 1.07 bits per heavy atom. The van der Waals surface area contributed by atoms with Crippen LogP contribution in [-0.4, -0.2) is 12.6 Å². The zero-order valence-electron chi connectivity index (χ0n) is 11.7. The first-order chi connectivity index (χ1) is 6.85. The zero-order valence-corrected chi connectivity index (χ0v) is 11.7. The highest BCUT2D eigenvalue weighted by atomic mass is 14.9. The lowest BCUT2D eigenvalue weighted by molar-refractivity contribution is 0.293. The van der Waals surface area contributed by atoms with Crippen molar-refractivity contribution in [1.82, 2.24) is 5.32 Å². The monoisotopic (exact) mass is 213 g/mol. The summed E-state index contributed by atoms with van der Waals surface area (Å²) in [6.45, 7) is 14.9. The van der Waals surface area contributed by atoms with Crippen LogP contribution < -0.4 is 5.32 Å². The molecule has 0 saturated heterocycles. The van der Waals surface area contributed by atoms with E-state index >= 15 is 0 Å². The van der Waals surface area contributed by atoms with Crippen LogP contribution in [0, 0.1) is 11.3 Å². The third-order valence-electron chi connectivity index (χ3n) is 2.69. The molecule has 1 nitrogen and oxygen atoms in total. The van der Waals surface area contributed by atoms with Crippen molar-refractivity contribution in [1.29, 1.82) is 0 Å². The van der Waals surface area contributed by atoms with E-state index < -0.39 is 0 Å². The van der Waals surface area contributed by atoms with Crippen LogP contribution in [0.15, 0.2) is 0 Å². The summed E-state index contributed by atoms with van der Waals surface area (Å²) in [6.07, 6.45) is 5.36. The van der Waals surface area contributed by atoms with E-state index in [-0.39, 0.29) is 0 Å². The minimum Gasteiger partial charge on any atom is -0.314 e. The van der Waals surface area contributed by atoms with Crippen molar-refractivity contribution in [2.24, 2.45) is 11.3 Å². The van der Waals surface area contributed by atoms with Gasteiger partial charge in [0.15, 0.2) is 0 Å². The first-order valence-corrected chi connectivity index (χ1v) is 6.58. The SMILES string of the molecule is CCNC(CCCC(C)C)CC(C)(C)C. The van der Waals surface area contributed by atoms with E-state index in [0.29, 0.717) is 11.5 Å². The molecular weight excluding hydrogens is 182 g/mol. The van der Waals surface area contributed by atoms with E-state index in [2.05, 4.69) is 46.9 Å². The Morgan fingerprint density at radius 2 is 1.67 bits per heavy atom. The van der Waals surface area contributed by atoms with E-state index in [1.54, 1.807) is 0 Å². The molecule has 0 fully saturated rings. The predicted molar refractivity (Wildman–Crippen MR) is 70.2 cm³/mol. The molecule has 0 aliphatic rings. The molecule has 0 rings (SSSR count). The molecule has 1 unspecified atom stereocenters. The summed E-state index contributed by atoms with van der Waals surface area (Å²) in [5, 5.41) is 3.61. The molecule has 0 amide bonds. The zero-order chi connectivity index (χ0) is 11.9. The number of rotatable bonds is 7. The van der Waals surface area contributed by atoms with E-state index in [0.717, 1.165) is 12.5 Å². The van der Waals surface area contributed by atoms with Crippen molar-refractivity contribution >= 4 is 0 Å². The van der Waals surface area contributed by atoms with Gasteiger partial charge < -0.3 is 5.32 Å². The van der Waals surface area contributed by atoms with Crippen LogP contribution >= 0.6 is 0 Å². The Morgan fingerprint density at radius 3 is 2.07 bits per heavy atom. The average molecular weight is 213 g/mol. The van der Waals surface area contributed by atoms with Crippen molar-refractivity contribution < 1.29 is 0 Å². The second kappa shape index (κ2) is 7.27. The quantitative estimate of drug-likeness (QED) is 0.667. The molecule has 15 heavy (non-hydrogen) atoms. The molecule has 1 heteroatoms. The minimum atomic E-state index is 0.449. The van der Waals surface area contributed by atoms with Gasteiger partial charge in [0, 0.05) is 6.04 Å². The lowest BCUT2D eigenvalue weighted by Gasteiger charge is -2.26. The molecule has 0 aromatic heterocycles. The van der Waals surface area contributed by atoms with E-state index in [9.17, 15) is 0 Å².